The Balaban J connectivity index is 2.15. The third kappa shape index (κ3) is 4.30. The maximum absolute atomic E-state index is 13.3. The molecule has 7 nitrogen and oxygen atoms in total. The molecule has 2 rings (SSSR count). The predicted octanol–water partition coefficient (Wildman–Crippen LogP) is 1.73. The van der Waals surface area contributed by atoms with E-state index in [1.807, 2.05) is 0 Å². The Bertz CT molecular complexity index is 603. The van der Waals surface area contributed by atoms with Gasteiger partial charge in [0.05, 0.1) is 18.1 Å². The fourth-order valence-electron chi connectivity index (χ4n) is 2.34. The zero-order valence-corrected chi connectivity index (χ0v) is 13.3. The molecule has 0 saturated carbocycles. The van der Waals surface area contributed by atoms with Crippen molar-refractivity contribution < 1.29 is 23.8 Å². The Morgan fingerprint density at radius 3 is 2.61 bits per heavy atom. The number of pyridine rings is 1. The number of halogens is 1. The lowest BCUT2D eigenvalue weighted by Crippen LogP contribution is -2.59. The number of piperazine rings is 1. The maximum Gasteiger partial charge on any atom is 0.411 e. The molecule has 0 bridgehead atoms. The fourth-order valence-corrected chi connectivity index (χ4v) is 2.34. The van der Waals surface area contributed by atoms with Gasteiger partial charge in [0.15, 0.2) is 0 Å². The van der Waals surface area contributed by atoms with Crippen molar-refractivity contribution >= 4 is 17.7 Å². The van der Waals surface area contributed by atoms with Crippen molar-refractivity contribution in [3.63, 3.8) is 0 Å². The molecule has 1 fully saturated rings. The number of aromatic nitrogens is 1. The van der Waals surface area contributed by atoms with E-state index in [0.29, 0.717) is 12.2 Å². The van der Waals surface area contributed by atoms with E-state index in [-0.39, 0.29) is 13.1 Å². The molecule has 23 heavy (non-hydrogen) atoms. The first-order valence-electron chi connectivity index (χ1n) is 7.25. The van der Waals surface area contributed by atoms with Gasteiger partial charge in [-0.25, -0.2) is 14.0 Å². The third-order valence-electron chi connectivity index (χ3n) is 3.35. The Morgan fingerprint density at radius 2 is 2.04 bits per heavy atom. The topological polar surface area (TPSA) is 83.0 Å². The van der Waals surface area contributed by atoms with Crippen LogP contribution in [0.4, 0.5) is 14.9 Å². The van der Waals surface area contributed by atoms with Gasteiger partial charge in [-0.15, -0.1) is 0 Å². The highest BCUT2D eigenvalue weighted by Crippen LogP contribution is 2.21. The number of hydrogen-bond donors (Lipinski definition) is 1. The van der Waals surface area contributed by atoms with Crippen LogP contribution in [0.5, 0.6) is 0 Å². The van der Waals surface area contributed by atoms with Gasteiger partial charge >= 0.3 is 12.1 Å². The van der Waals surface area contributed by atoms with Crippen LogP contribution in [0.15, 0.2) is 18.5 Å². The van der Waals surface area contributed by atoms with E-state index < -0.39 is 29.5 Å². The highest BCUT2D eigenvalue weighted by molar-refractivity contribution is 5.81. The summed E-state index contributed by atoms with van der Waals surface area (Å²) in [4.78, 5) is 30.3. The number of nitrogens with zero attached hydrogens (tertiary/aromatic N) is 3. The Labute approximate surface area is 133 Å². The molecule has 0 radical (unpaired) electrons. The van der Waals surface area contributed by atoms with Gasteiger partial charge in [-0.1, -0.05) is 0 Å². The smallest absolute Gasteiger partial charge is 0.411 e. The average Bonchev–Trinajstić information content (AvgIpc) is 2.44. The SMILES string of the molecule is CC(C)(C)OC(=O)N1CCN(c2cncc(F)c2)C[C@H]1C(=O)O. The molecule has 0 aromatic carbocycles. The standard InChI is InChI=1S/C15H20FN3O4/c1-15(2,3)23-14(22)19-5-4-18(9-12(19)13(20)21)11-6-10(16)7-17-8-11/h6-8,12H,4-5,9H2,1-3H3,(H,20,21)/t12-/m0/s1. The highest BCUT2D eigenvalue weighted by atomic mass is 19.1. The number of carbonyl (C=O) groups is 2. The van der Waals surface area contributed by atoms with Crippen molar-refractivity contribution in [1.82, 2.24) is 9.88 Å². The summed E-state index contributed by atoms with van der Waals surface area (Å²) in [5, 5.41) is 9.41. The maximum atomic E-state index is 13.3. The summed E-state index contributed by atoms with van der Waals surface area (Å²) < 4.78 is 18.5. The number of hydrogen-bond acceptors (Lipinski definition) is 5. The van der Waals surface area contributed by atoms with Gasteiger partial charge in [-0.3, -0.25) is 9.88 Å². The van der Waals surface area contributed by atoms with Gasteiger partial charge < -0.3 is 14.7 Å². The van der Waals surface area contributed by atoms with E-state index in [4.69, 9.17) is 4.74 Å². The Hall–Kier alpha value is -2.38. The van der Waals surface area contributed by atoms with Crippen molar-refractivity contribution in [3.8, 4) is 0 Å². The molecule has 1 saturated heterocycles. The van der Waals surface area contributed by atoms with Gasteiger partial charge in [0.2, 0.25) is 0 Å². The van der Waals surface area contributed by atoms with Crippen molar-refractivity contribution in [1.29, 1.82) is 0 Å². The van der Waals surface area contributed by atoms with Crippen LogP contribution in [0.25, 0.3) is 0 Å². The predicted molar refractivity (Wildman–Crippen MR) is 80.8 cm³/mol. The average molecular weight is 325 g/mol. The summed E-state index contributed by atoms with van der Waals surface area (Å²) in [7, 11) is 0. The van der Waals surface area contributed by atoms with Crippen LogP contribution in [0.1, 0.15) is 20.8 Å². The van der Waals surface area contributed by atoms with Gasteiger partial charge in [-0.2, -0.15) is 0 Å². The first kappa shape index (κ1) is 17.0. The molecule has 0 aliphatic carbocycles. The largest absolute Gasteiger partial charge is 0.480 e. The second-order valence-corrected chi connectivity index (χ2v) is 6.34. The lowest BCUT2D eigenvalue weighted by molar-refractivity contribution is -0.143. The number of ether oxygens (including phenoxy) is 1. The van der Waals surface area contributed by atoms with Crippen LogP contribution < -0.4 is 4.90 Å². The number of rotatable bonds is 2. The van der Waals surface area contributed by atoms with Gasteiger partial charge in [0.1, 0.15) is 17.5 Å². The molecular formula is C15H20FN3O4. The van der Waals surface area contributed by atoms with E-state index >= 15 is 0 Å². The summed E-state index contributed by atoms with van der Waals surface area (Å²) in [5.41, 5.74) is -0.218. The third-order valence-corrected chi connectivity index (χ3v) is 3.35. The van der Waals surface area contributed by atoms with Crippen molar-refractivity contribution in [2.24, 2.45) is 0 Å². The number of aliphatic carboxylic acids is 1. The van der Waals surface area contributed by atoms with Crippen LogP contribution in [-0.4, -0.2) is 58.3 Å². The molecule has 126 valence electrons. The second kappa shape index (κ2) is 6.39. The quantitative estimate of drug-likeness (QED) is 0.891. The lowest BCUT2D eigenvalue weighted by Gasteiger charge is -2.40. The van der Waals surface area contributed by atoms with Crippen LogP contribution in [0.2, 0.25) is 0 Å². The van der Waals surface area contributed by atoms with Crippen LogP contribution in [0, 0.1) is 5.82 Å². The number of amides is 1. The molecule has 1 aliphatic rings. The van der Waals surface area contributed by atoms with Crippen LogP contribution >= 0.6 is 0 Å². The van der Waals surface area contributed by atoms with E-state index in [0.717, 1.165) is 6.20 Å². The molecule has 1 amide bonds. The van der Waals surface area contributed by atoms with E-state index in [9.17, 15) is 19.1 Å². The number of carboxylic acids is 1. The van der Waals surface area contributed by atoms with Gasteiger partial charge in [0.25, 0.3) is 0 Å². The zero-order chi connectivity index (χ0) is 17.2. The summed E-state index contributed by atoms with van der Waals surface area (Å²) in [6.45, 7) is 5.73. The molecule has 1 aromatic rings. The molecule has 1 aromatic heterocycles. The first-order valence-corrected chi connectivity index (χ1v) is 7.25. The first-order chi connectivity index (χ1) is 10.7. The van der Waals surface area contributed by atoms with Crippen LogP contribution in [0.3, 0.4) is 0 Å². The van der Waals surface area contributed by atoms with Crippen molar-refractivity contribution in [3.05, 3.63) is 24.3 Å². The summed E-state index contributed by atoms with van der Waals surface area (Å²) in [5.74, 6) is -1.63. The molecule has 2 heterocycles. The molecular weight excluding hydrogens is 305 g/mol. The molecule has 1 atom stereocenters. The van der Waals surface area contributed by atoms with E-state index in [1.165, 1.54) is 17.2 Å². The van der Waals surface area contributed by atoms with Crippen LogP contribution in [-0.2, 0) is 9.53 Å². The Kier molecular flexibility index (Phi) is 4.72. The van der Waals surface area contributed by atoms with E-state index in [2.05, 4.69) is 4.98 Å². The summed E-state index contributed by atoms with van der Waals surface area (Å²) in [6.07, 6.45) is 1.88. The minimum Gasteiger partial charge on any atom is -0.480 e. The summed E-state index contributed by atoms with van der Waals surface area (Å²) >= 11 is 0. The fraction of sp³-hybridized carbons (Fsp3) is 0.533. The molecule has 1 aliphatic heterocycles. The molecule has 0 spiro atoms. The number of carbonyl (C=O) groups excluding carboxylic acids is 1. The molecule has 8 heteroatoms. The normalized spacial score (nSPS) is 18.7. The highest BCUT2D eigenvalue weighted by Gasteiger charge is 2.37. The molecule has 0 unspecified atom stereocenters. The minimum atomic E-state index is -1.13. The second-order valence-electron chi connectivity index (χ2n) is 6.34. The van der Waals surface area contributed by atoms with Gasteiger partial charge in [0, 0.05) is 25.7 Å². The molecule has 1 N–H and O–H groups in total. The zero-order valence-electron chi connectivity index (χ0n) is 13.3. The van der Waals surface area contributed by atoms with E-state index in [1.54, 1.807) is 25.7 Å². The van der Waals surface area contributed by atoms with Gasteiger partial charge in [-0.05, 0) is 20.8 Å². The minimum absolute atomic E-state index is 0.0414. The number of anilines is 1. The number of carboxylic acid groups (broad SMARTS) is 1. The lowest BCUT2D eigenvalue weighted by atomic mass is 10.1. The Morgan fingerprint density at radius 1 is 1.35 bits per heavy atom. The summed E-state index contributed by atoms with van der Waals surface area (Å²) in [6, 6.07) is 0.219. The monoisotopic (exact) mass is 325 g/mol. The van der Waals surface area contributed by atoms with Crippen molar-refractivity contribution in [2.45, 2.75) is 32.4 Å². The van der Waals surface area contributed by atoms with Crippen molar-refractivity contribution in [2.75, 3.05) is 24.5 Å².